The minimum atomic E-state index is 0.825. The van der Waals surface area contributed by atoms with Gasteiger partial charge in [0.05, 0.1) is 11.4 Å². The Morgan fingerprint density at radius 1 is 0.347 bits per heavy atom. The van der Waals surface area contributed by atoms with Crippen LogP contribution in [0.3, 0.4) is 0 Å². The first-order valence-corrected chi connectivity index (χ1v) is 16.6. The highest BCUT2D eigenvalue weighted by molar-refractivity contribution is 6.22. The van der Waals surface area contributed by atoms with Crippen molar-refractivity contribution in [3.63, 3.8) is 0 Å². The Bertz CT molecular complexity index is 2810. The Labute approximate surface area is 282 Å². The van der Waals surface area contributed by atoms with Gasteiger partial charge in [0.2, 0.25) is 0 Å². The van der Waals surface area contributed by atoms with Crippen molar-refractivity contribution in [2.24, 2.45) is 0 Å². The molecule has 49 heavy (non-hydrogen) atoms. The predicted octanol–water partition coefficient (Wildman–Crippen LogP) is 13.4. The summed E-state index contributed by atoms with van der Waals surface area (Å²) in [5.41, 5.74) is 10.9. The number of furan rings is 2. The van der Waals surface area contributed by atoms with E-state index >= 15 is 0 Å². The summed E-state index contributed by atoms with van der Waals surface area (Å²) < 4.78 is 13.6. The van der Waals surface area contributed by atoms with Crippen molar-refractivity contribution in [1.82, 2.24) is 0 Å². The van der Waals surface area contributed by atoms with Gasteiger partial charge < -0.3 is 13.7 Å². The third-order valence-electron chi connectivity index (χ3n) is 9.65. The summed E-state index contributed by atoms with van der Waals surface area (Å²) in [4.78, 5) is 2.30. The average Bonchev–Trinajstić information content (AvgIpc) is 3.75. The fraction of sp³-hybridized carbons (Fsp3) is 0. The second-order valence-corrected chi connectivity index (χ2v) is 12.5. The summed E-state index contributed by atoms with van der Waals surface area (Å²) in [5, 5.41) is 6.72. The number of anilines is 3. The van der Waals surface area contributed by atoms with E-state index in [0.717, 1.165) is 77.6 Å². The van der Waals surface area contributed by atoms with Crippen LogP contribution in [0.15, 0.2) is 185 Å². The van der Waals surface area contributed by atoms with Crippen molar-refractivity contribution in [2.75, 3.05) is 4.90 Å². The normalized spacial score (nSPS) is 11.7. The van der Waals surface area contributed by atoms with Crippen LogP contribution in [0.2, 0.25) is 0 Å². The first kappa shape index (κ1) is 27.5. The maximum absolute atomic E-state index is 6.90. The maximum Gasteiger partial charge on any atom is 0.159 e. The number of hydrogen-bond acceptors (Lipinski definition) is 3. The lowest BCUT2D eigenvalue weighted by Crippen LogP contribution is -2.11. The fourth-order valence-corrected chi connectivity index (χ4v) is 7.34. The third kappa shape index (κ3) is 4.44. The summed E-state index contributed by atoms with van der Waals surface area (Å²) in [6.07, 6.45) is 0. The molecule has 3 nitrogen and oxygen atoms in total. The van der Waals surface area contributed by atoms with Gasteiger partial charge in [0.25, 0.3) is 0 Å². The van der Waals surface area contributed by atoms with Crippen LogP contribution in [0.25, 0.3) is 76.9 Å². The number of para-hydroxylation sites is 2. The molecule has 0 bridgehead atoms. The molecule has 0 fully saturated rings. The van der Waals surface area contributed by atoms with Crippen LogP contribution in [-0.4, -0.2) is 0 Å². The number of hydrogen-bond donors (Lipinski definition) is 0. The molecule has 0 aliphatic carbocycles. The van der Waals surface area contributed by atoms with E-state index in [-0.39, 0.29) is 0 Å². The smallest absolute Gasteiger partial charge is 0.159 e. The number of nitrogens with zero attached hydrogens (tertiary/aromatic N) is 1. The molecular weight excluding hydrogens is 599 g/mol. The molecule has 0 amide bonds. The molecule has 0 N–H and O–H groups in total. The minimum Gasteiger partial charge on any atom is -0.454 e. The van der Waals surface area contributed by atoms with Gasteiger partial charge in [0, 0.05) is 27.2 Å². The SMILES string of the molecule is c1ccc(-c2ccc(N(c3cccc4c3oc3ccccc34)c3cc(-c4ccccc4)cc4c3oc3ccc5ccccc5c34)cc2)cc1. The lowest BCUT2D eigenvalue weighted by atomic mass is 9.98. The molecule has 8 aromatic carbocycles. The van der Waals surface area contributed by atoms with Gasteiger partial charge in [-0.1, -0.05) is 133 Å². The van der Waals surface area contributed by atoms with Crippen molar-refractivity contribution in [3.8, 4) is 22.3 Å². The minimum absolute atomic E-state index is 0.825. The van der Waals surface area contributed by atoms with E-state index in [4.69, 9.17) is 8.83 Å². The zero-order chi connectivity index (χ0) is 32.3. The Balaban J connectivity index is 1.31. The van der Waals surface area contributed by atoms with Gasteiger partial charge >= 0.3 is 0 Å². The van der Waals surface area contributed by atoms with E-state index in [1.807, 2.05) is 12.1 Å². The number of fused-ring (bicyclic) bond motifs is 8. The van der Waals surface area contributed by atoms with E-state index in [0.29, 0.717) is 0 Å². The van der Waals surface area contributed by atoms with E-state index in [1.54, 1.807) is 0 Å². The van der Waals surface area contributed by atoms with Gasteiger partial charge in [-0.25, -0.2) is 0 Å². The quantitative estimate of drug-likeness (QED) is 0.190. The van der Waals surface area contributed by atoms with Crippen molar-refractivity contribution < 1.29 is 8.83 Å². The monoisotopic (exact) mass is 627 g/mol. The molecular formula is C46H29NO2. The molecule has 0 saturated heterocycles. The van der Waals surface area contributed by atoms with Gasteiger partial charge in [-0.05, 0) is 75.5 Å². The second-order valence-electron chi connectivity index (χ2n) is 12.5. The van der Waals surface area contributed by atoms with Crippen molar-refractivity contribution >= 4 is 71.7 Å². The van der Waals surface area contributed by atoms with Crippen LogP contribution in [0.5, 0.6) is 0 Å². The zero-order valence-corrected chi connectivity index (χ0v) is 26.5. The first-order valence-electron chi connectivity index (χ1n) is 16.6. The van der Waals surface area contributed by atoms with Gasteiger partial charge in [0.1, 0.15) is 11.2 Å². The highest BCUT2D eigenvalue weighted by atomic mass is 16.3. The van der Waals surface area contributed by atoms with Crippen LogP contribution in [0, 0.1) is 0 Å². The van der Waals surface area contributed by atoms with Gasteiger partial charge in [-0.2, -0.15) is 0 Å². The van der Waals surface area contributed by atoms with E-state index in [9.17, 15) is 0 Å². The van der Waals surface area contributed by atoms with Crippen LogP contribution < -0.4 is 4.90 Å². The van der Waals surface area contributed by atoms with Crippen molar-refractivity contribution in [2.45, 2.75) is 0 Å². The highest BCUT2D eigenvalue weighted by Crippen LogP contribution is 2.48. The summed E-state index contributed by atoms with van der Waals surface area (Å²) in [5.74, 6) is 0. The van der Waals surface area contributed by atoms with Gasteiger partial charge in [0.15, 0.2) is 11.2 Å². The molecule has 0 atom stereocenters. The predicted molar refractivity (Wildman–Crippen MR) is 204 cm³/mol. The third-order valence-corrected chi connectivity index (χ3v) is 9.65. The maximum atomic E-state index is 6.90. The first-order chi connectivity index (χ1) is 24.3. The Morgan fingerprint density at radius 3 is 1.76 bits per heavy atom. The molecule has 0 radical (unpaired) electrons. The summed E-state index contributed by atoms with van der Waals surface area (Å²) >= 11 is 0. The van der Waals surface area contributed by atoms with Crippen LogP contribution in [0.4, 0.5) is 17.1 Å². The van der Waals surface area contributed by atoms with E-state index in [2.05, 4.69) is 169 Å². The second kappa shape index (κ2) is 11.0. The Kier molecular flexibility index (Phi) is 6.18. The summed E-state index contributed by atoms with van der Waals surface area (Å²) in [6.45, 7) is 0. The molecule has 2 aromatic heterocycles. The standard InChI is InChI=1S/C46H29NO2/c1-3-12-30(13-4-1)32-22-25-35(26-23-32)47(40-20-11-19-38-37-18-9-10-21-42(37)48-45(38)40)41-29-34(31-14-5-2-6-15-31)28-39-44-36-17-8-7-16-33(36)24-27-43(44)49-46(39)41/h1-29H. The van der Waals surface area contributed by atoms with Crippen molar-refractivity contribution in [3.05, 3.63) is 176 Å². The lowest BCUT2D eigenvalue weighted by molar-refractivity contribution is 0.666. The molecule has 10 rings (SSSR count). The van der Waals surface area contributed by atoms with Crippen molar-refractivity contribution in [1.29, 1.82) is 0 Å². The van der Waals surface area contributed by atoms with Gasteiger partial charge in [-0.3, -0.25) is 0 Å². The largest absolute Gasteiger partial charge is 0.454 e. The summed E-state index contributed by atoms with van der Waals surface area (Å²) in [6, 6.07) is 61.9. The van der Waals surface area contributed by atoms with E-state index < -0.39 is 0 Å². The molecule has 0 aliphatic rings. The molecule has 0 unspecified atom stereocenters. The van der Waals surface area contributed by atoms with Crippen LogP contribution in [0.1, 0.15) is 0 Å². The molecule has 10 aromatic rings. The molecule has 3 heteroatoms. The topological polar surface area (TPSA) is 29.5 Å². The summed E-state index contributed by atoms with van der Waals surface area (Å²) in [7, 11) is 0. The molecule has 2 heterocycles. The Morgan fingerprint density at radius 2 is 0.959 bits per heavy atom. The molecule has 0 saturated carbocycles. The van der Waals surface area contributed by atoms with Gasteiger partial charge in [-0.15, -0.1) is 0 Å². The fourth-order valence-electron chi connectivity index (χ4n) is 7.34. The van der Waals surface area contributed by atoms with Crippen LogP contribution in [-0.2, 0) is 0 Å². The zero-order valence-electron chi connectivity index (χ0n) is 26.5. The van der Waals surface area contributed by atoms with Crippen LogP contribution >= 0.6 is 0 Å². The van der Waals surface area contributed by atoms with E-state index in [1.165, 1.54) is 16.3 Å². The molecule has 230 valence electrons. The highest BCUT2D eigenvalue weighted by Gasteiger charge is 2.25. The molecule has 0 spiro atoms. The number of benzene rings is 8. The average molecular weight is 628 g/mol. The molecule has 0 aliphatic heterocycles. The lowest BCUT2D eigenvalue weighted by Gasteiger charge is -2.26. The number of rotatable bonds is 5. The Hall–Kier alpha value is -6.58.